The molecule has 0 aliphatic rings. The zero-order valence-electron chi connectivity index (χ0n) is 5.57. The summed E-state index contributed by atoms with van der Waals surface area (Å²) >= 11 is 0. The molecule has 1 radical (unpaired) electrons. The van der Waals surface area contributed by atoms with Gasteiger partial charge in [0.25, 0.3) is 0 Å². The number of carboxylic acid groups (broad SMARTS) is 2. The van der Waals surface area contributed by atoms with Gasteiger partial charge in [-0.05, 0) is 0 Å². The molecular weight excluding hydrogens is 149 g/mol. The van der Waals surface area contributed by atoms with Gasteiger partial charge in [0.2, 0.25) is 0 Å². The monoisotopic (exact) mass is 156 g/mol. The van der Waals surface area contributed by atoms with Crippen LogP contribution < -0.4 is 5.73 Å². The topological polar surface area (TPSA) is 101 Å². The fourth-order valence-corrected chi connectivity index (χ4v) is 0.275. The Morgan fingerprint density at radius 1 is 1.40 bits per heavy atom. The van der Waals surface area contributed by atoms with Gasteiger partial charge in [-0.25, -0.2) is 0 Å². The maximum atomic E-state index is 9.85. The smallest absolute Gasteiger partial charge is 0.321 e. The average Bonchev–Trinajstić information content (AvgIpc) is 1.63. The molecule has 0 aromatic heterocycles. The molecule has 10 heavy (non-hydrogen) atoms. The molecular formula is C4H7NNaO4. The summed E-state index contributed by atoms with van der Waals surface area (Å²) in [6, 6.07) is -1.29. The van der Waals surface area contributed by atoms with Crippen molar-refractivity contribution >= 4 is 41.5 Å². The molecule has 0 saturated heterocycles. The van der Waals surface area contributed by atoms with Crippen LogP contribution in [0.15, 0.2) is 0 Å². The van der Waals surface area contributed by atoms with Crippen molar-refractivity contribution in [2.75, 3.05) is 0 Å². The Balaban J connectivity index is 0. The molecule has 53 valence electrons. The van der Waals surface area contributed by atoms with Gasteiger partial charge in [-0.15, -0.1) is 0 Å². The molecule has 1 atom stereocenters. The SMILES string of the molecule is NC(CC(=O)O)C(=O)O.[Na]. The standard InChI is InChI=1S/C4H7NO4.Na/c5-2(4(8)9)1-3(6)7;/h2H,1,5H2,(H,6,7)(H,8,9);. The molecule has 0 saturated carbocycles. The number of rotatable bonds is 3. The molecule has 0 aromatic rings. The van der Waals surface area contributed by atoms with Gasteiger partial charge in [0.1, 0.15) is 6.04 Å². The second-order valence-electron chi connectivity index (χ2n) is 1.54. The summed E-state index contributed by atoms with van der Waals surface area (Å²) < 4.78 is 0. The van der Waals surface area contributed by atoms with Crippen LogP contribution in [0.1, 0.15) is 6.42 Å². The van der Waals surface area contributed by atoms with Gasteiger partial charge in [0.05, 0.1) is 6.42 Å². The van der Waals surface area contributed by atoms with Crippen molar-refractivity contribution < 1.29 is 19.8 Å². The van der Waals surface area contributed by atoms with Crippen molar-refractivity contribution in [3.05, 3.63) is 0 Å². The molecule has 0 rings (SSSR count). The van der Waals surface area contributed by atoms with E-state index in [4.69, 9.17) is 15.9 Å². The van der Waals surface area contributed by atoms with Crippen molar-refractivity contribution in [2.45, 2.75) is 12.5 Å². The van der Waals surface area contributed by atoms with E-state index in [1.807, 2.05) is 0 Å². The van der Waals surface area contributed by atoms with E-state index in [0.717, 1.165) is 0 Å². The minimum absolute atomic E-state index is 0. The molecule has 0 heterocycles. The minimum Gasteiger partial charge on any atom is -0.481 e. The zero-order chi connectivity index (χ0) is 7.44. The Hall–Kier alpha value is -0.100. The van der Waals surface area contributed by atoms with E-state index in [1.165, 1.54) is 0 Å². The summed E-state index contributed by atoms with van der Waals surface area (Å²) in [7, 11) is 0. The van der Waals surface area contributed by atoms with Gasteiger partial charge in [-0.1, -0.05) is 0 Å². The number of hydrogen-bond donors (Lipinski definition) is 3. The summed E-state index contributed by atoms with van der Waals surface area (Å²) in [5.41, 5.74) is 4.84. The van der Waals surface area contributed by atoms with Gasteiger partial charge in [0, 0.05) is 29.6 Å². The molecule has 0 fully saturated rings. The Morgan fingerprint density at radius 2 is 1.80 bits per heavy atom. The quantitative estimate of drug-likeness (QED) is 0.431. The fourth-order valence-electron chi connectivity index (χ4n) is 0.275. The molecule has 0 spiro atoms. The molecule has 4 N–H and O–H groups in total. The van der Waals surface area contributed by atoms with Crippen molar-refractivity contribution in [1.29, 1.82) is 0 Å². The molecule has 0 aliphatic heterocycles. The van der Waals surface area contributed by atoms with Crippen LogP contribution >= 0.6 is 0 Å². The largest absolute Gasteiger partial charge is 0.481 e. The summed E-state index contributed by atoms with van der Waals surface area (Å²) in [5, 5.41) is 16.0. The van der Waals surface area contributed by atoms with E-state index in [2.05, 4.69) is 0 Å². The van der Waals surface area contributed by atoms with Crippen LogP contribution in [-0.2, 0) is 9.59 Å². The maximum Gasteiger partial charge on any atom is 0.321 e. The van der Waals surface area contributed by atoms with E-state index in [9.17, 15) is 9.59 Å². The maximum absolute atomic E-state index is 9.85. The van der Waals surface area contributed by atoms with Crippen LogP contribution in [0.25, 0.3) is 0 Å². The second kappa shape index (κ2) is 5.67. The van der Waals surface area contributed by atoms with Crippen LogP contribution in [0.2, 0.25) is 0 Å². The van der Waals surface area contributed by atoms with Gasteiger partial charge in [-0.3, -0.25) is 9.59 Å². The summed E-state index contributed by atoms with van der Waals surface area (Å²) in [6.45, 7) is 0. The molecule has 0 aliphatic carbocycles. The Bertz CT molecular complexity index is 137. The number of carboxylic acids is 2. The zero-order valence-corrected chi connectivity index (χ0v) is 7.57. The molecule has 0 aromatic carbocycles. The third-order valence-electron chi connectivity index (χ3n) is 0.712. The Labute approximate surface area is 79.5 Å². The third-order valence-corrected chi connectivity index (χ3v) is 0.712. The number of hydrogen-bond acceptors (Lipinski definition) is 3. The van der Waals surface area contributed by atoms with Crippen molar-refractivity contribution in [3.8, 4) is 0 Å². The predicted octanol–water partition coefficient (Wildman–Crippen LogP) is -1.51. The van der Waals surface area contributed by atoms with Crippen LogP contribution in [0.5, 0.6) is 0 Å². The van der Waals surface area contributed by atoms with Gasteiger partial charge < -0.3 is 15.9 Å². The van der Waals surface area contributed by atoms with E-state index >= 15 is 0 Å². The van der Waals surface area contributed by atoms with Gasteiger partial charge in [-0.2, -0.15) is 0 Å². The third kappa shape index (κ3) is 6.03. The summed E-state index contributed by atoms with van der Waals surface area (Å²) in [5.74, 6) is -2.50. The van der Waals surface area contributed by atoms with Crippen molar-refractivity contribution in [2.24, 2.45) is 5.73 Å². The first-order chi connectivity index (χ1) is 4.04. The molecule has 1 unspecified atom stereocenters. The first-order valence-electron chi connectivity index (χ1n) is 2.24. The molecule has 0 bridgehead atoms. The van der Waals surface area contributed by atoms with Crippen molar-refractivity contribution in [1.82, 2.24) is 0 Å². The molecule has 6 heteroatoms. The van der Waals surface area contributed by atoms with Crippen LogP contribution in [0.3, 0.4) is 0 Å². The van der Waals surface area contributed by atoms with Crippen LogP contribution in [0, 0.1) is 0 Å². The summed E-state index contributed by atoms with van der Waals surface area (Å²) in [6.07, 6.45) is -0.532. The Kier molecular flexibility index (Phi) is 7.12. The van der Waals surface area contributed by atoms with Gasteiger partial charge in [0.15, 0.2) is 0 Å². The minimum atomic E-state index is -1.29. The normalized spacial score (nSPS) is 11.3. The first-order valence-corrected chi connectivity index (χ1v) is 2.24. The fraction of sp³-hybridized carbons (Fsp3) is 0.500. The summed E-state index contributed by atoms with van der Waals surface area (Å²) in [4.78, 5) is 19.6. The molecule has 0 amide bonds. The first kappa shape index (κ1) is 12.6. The van der Waals surface area contributed by atoms with E-state index in [1.54, 1.807) is 0 Å². The van der Waals surface area contributed by atoms with E-state index in [-0.39, 0.29) is 29.6 Å². The Morgan fingerprint density at radius 3 is 1.90 bits per heavy atom. The molecule has 5 nitrogen and oxygen atoms in total. The van der Waals surface area contributed by atoms with E-state index in [0.29, 0.717) is 0 Å². The number of carbonyl (C=O) groups is 2. The van der Waals surface area contributed by atoms with E-state index < -0.39 is 24.4 Å². The predicted molar refractivity (Wildman–Crippen MR) is 33.6 cm³/mol. The number of aliphatic carboxylic acids is 2. The van der Waals surface area contributed by atoms with Crippen molar-refractivity contribution in [3.63, 3.8) is 0 Å². The average molecular weight is 156 g/mol. The second-order valence-corrected chi connectivity index (χ2v) is 1.54. The van der Waals surface area contributed by atoms with Gasteiger partial charge >= 0.3 is 11.9 Å². The van der Waals surface area contributed by atoms with Crippen LogP contribution in [0.4, 0.5) is 0 Å². The number of nitrogens with two attached hydrogens (primary N) is 1. The van der Waals surface area contributed by atoms with Crippen LogP contribution in [-0.4, -0.2) is 57.8 Å².